The van der Waals surface area contributed by atoms with Gasteiger partial charge in [-0.2, -0.15) is 5.26 Å². The minimum Gasteiger partial charge on any atom is -0.478 e. The van der Waals surface area contributed by atoms with Gasteiger partial charge in [-0.05, 0) is 55.5 Å². The summed E-state index contributed by atoms with van der Waals surface area (Å²) in [5, 5.41) is 20.9. The number of hydrogen-bond donors (Lipinski definition) is 2. The molecule has 3 aromatic rings. The molecule has 8 heteroatoms. The average molecular weight is 430 g/mol. The van der Waals surface area contributed by atoms with E-state index in [1.54, 1.807) is 31.2 Å². The molecule has 0 bridgehead atoms. The Morgan fingerprint density at radius 3 is 2.28 bits per heavy atom. The second-order valence-corrected chi connectivity index (χ2v) is 6.51. The minimum absolute atomic E-state index is 0.152. The van der Waals surface area contributed by atoms with Crippen molar-refractivity contribution in [3.8, 4) is 17.4 Å². The number of aromatic carboxylic acids is 1. The quantitative estimate of drug-likeness (QED) is 0.323. The van der Waals surface area contributed by atoms with Crippen LogP contribution >= 0.6 is 0 Å². The molecule has 160 valence electrons. The number of nitrogens with one attached hydrogen (secondary N) is 1. The summed E-state index contributed by atoms with van der Waals surface area (Å²) in [7, 11) is 0. The summed E-state index contributed by atoms with van der Waals surface area (Å²) in [4.78, 5) is 35.1. The molecule has 0 spiro atoms. The summed E-state index contributed by atoms with van der Waals surface area (Å²) in [6.45, 7) is 1.97. The molecular weight excluding hydrogens is 412 g/mol. The smallest absolute Gasteiger partial charge is 0.338 e. The highest BCUT2D eigenvalue weighted by Gasteiger charge is 2.13. The van der Waals surface area contributed by atoms with Crippen LogP contribution in [0.1, 0.15) is 33.4 Å². The van der Waals surface area contributed by atoms with Gasteiger partial charge in [-0.3, -0.25) is 4.79 Å². The molecule has 0 aliphatic carbocycles. The maximum absolute atomic E-state index is 12.5. The number of hydrogen-bond acceptors (Lipinski definition) is 6. The molecule has 0 aliphatic rings. The zero-order chi connectivity index (χ0) is 23.1. The number of amides is 1. The van der Waals surface area contributed by atoms with Gasteiger partial charge in [0.15, 0.2) is 0 Å². The lowest BCUT2D eigenvalue weighted by Crippen LogP contribution is -2.13. The van der Waals surface area contributed by atoms with Gasteiger partial charge in [0.1, 0.15) is 23.2 Å². The second kappa shape index (κ2) is 9.91. The van der Waals surface area contributed by atoms with Crippen LogP contribution in [0.15, 0.2) is 70.7 Å². The number of carboxylic acid groups (broad SMARTS) is 1. The van der Waals surface area contributed by atoms with Gasteiger partial charge in [0.25, 0.3) is 5.91 Å². The van der Waals surface area contributed by atoms with Crippen molar-refractivity contribution in [1.82, 2.24) is 0 Å². The Hall–Kier alpha value is -4.64. The van der Waals surface area contributed by atoms with E-state index in [0.29, 0.717) is 22.6 Å². The lowest BCUT2D eigenvalue weighted by atomic mass is 10.1. The zero-order valence-electron chi connectivity index (χ0n) is 17.0. The van der Waals surface area contributed by atoms with Crippen molar-refractivity contribution >= 4 is 29.6 Å². The highest BCUT2D eigenvalue weighted by atomic mass is 16.5. The van der Waals surface area contributed by atoms with Gasteiger partial charge < -0.3 is 19.6 Å². The maximum atomic E-state index is 12.5. The number of esters is 1. The van der Waals surface area contributed by atoms with Gasteiger partial charge in [0.2, 0.25) is 0 Å². The fourth-order valence-corrected chi connectivity index (χ4v) is 2.76. The van der Waals surface area contributed by atoms with Gasteiger partial charge in [0, 0.05) is 17.3 Å². The molecule has 8 nitrogen and oxygen atoms in total. The molecule has 2 N–H and O–H groups in total. The Balaban J connectivity index is 1.72. The largest absolute Gasteiger partial charge is 0.478 e. The highest BCUT2D eigenvalue weighted by Crippen LogP contribution is 2.24. The van der Waals surface area contributed by atoms with Crippen LogP contribution in [0.3, 0.4) is 0 Å². The molecule has 1 aromatic heterocycles. The van der Waals surface area contributed by atoms with E-state index in [-0.39, 0.29) is 23.5 Å². The fraction of sp³-hybridized carbons (Fsp3) is 0.0833. The van der Waals surface area contributed by atoms with Crippen LogP contribution < -0.4 is 5.32 Å². The first-order valence-corrected chi connectivity index (χ1v) is 9.55. The number of carbonyl (C=O) groups excluding carboxylic acids is 2. The number of carboxylic acids is 1. The van der Waals surface area contributed by atoms with E-state index in [4.69, 9.17) is 14.3 Å². The van der Waals surface area contributed by atoms with Gasteiger partial charge in [-0.15, -0.1) is 0 Å². The molecule has 0 fully saturated rings. The lowest BCUT2D eigenvalue weighted by Gasteiger charge is -2.06. The third-order valence-corrected chi connectivity index (χ3v) is 4.35. The first kappa shape index (κ1) is 22.1. The predicted molar refractivity (Wildman–Crippen MR) is 116 cm³/mol. The third-order valence-electron chi connectivity index (χ3n) is 4.35. The van der Waals surface area contributed by atoms with E-state index in [1.807, 2.05) is 6.07 Å². The molecule has 0 unspecified atom stereocenters. The van der Waals surface area contributed by atoms with Gasteiger partial charge in [0.05, 0.1) is 17.7 Å². The fourth-order valence-electron chi connectivity index (χ4n) is 2.76. The van der Waals surface area contributed by atoms with Crippen molar-refractivity contribution in [3.63, 3.8) is 0 Å². The monoisotopic (exact) mass is 430 g/mol. The van der Waals surface area contributed by atoms with Crippen molar-refractivity contribution in [1.29, 1.82) is 5.26 Å². The number of ether oxygens (including phenoxy) is 1. The second-order valence-electron chi connectivity index (χ2n) is 6.51. The molecule has 0 saturated carbocycles. The van der Waals surface area contributed by atoms with Crippen molar-refractivity contribution in [2.75, 3.05) is 11.9 Å². The van der Waals surface area contributed by atoms with Crippen molar-refractivity contribution in [2.45, 2.75) is 6.92 Å². The molecule has 0 aliphatic heterocycles. The van der Waals surface area contributed by atoms with Crippen LogP contribution in [-0.2, 0) is 9.53 Å². The van der Waals surface area contributed by atoms with Gasteiger partial charge in [-0.1, -0.05) is 12.1 Å². The molecule has 3 rings (SSSR count). The van der Waals surface area contributed by atoms with E-state index in [2.05, 4.69) is 5.32 Å². The normalized spacial score (nSPS) is 10.8. The van der Waals surface area contributed by atoms with Gasteiger partial charge >= 0.3 is 11.9 Å². The Morgan fingerprint density at radius 1 is 1.03 bits per heavy atom. The number of nitriles is 1. The van der Waals surface area contributed by atoms with Crippen LogP contribution in [0.2, 0.25) is 0 Å². The molecule has 1 amide bonds. The number of anilines is 1. The number of benzene rings is 2. The number of carbonyl (C=O) groups is 3. The van der Waals surface area contributed by atoms with E-state index in [9.17, 15) is 19.6 Å². The molecule has 0 atom stereocenters. The maximum Gasteiger partial charge on any atom is 0.338 e. The van der Waals surface area contributed by atoms with Crippen LogP contribution in [0, 0.1) is 11.3 Å². The summed E-state index contributed by atoms with van der Waals surface area (Å²) in [5.41, 5.74) is 1.38. The van der Waals surface area contributed by atoms with Crippen molar-refractivity contribution in [3.05, 3.63) is 83.1 Å². The molecule has 0 saturated heterocycles. The first-order valence-electron chi connectivity index (χ1n) is 9.55. The Bertz CT molecular complexity index is 1210. The lowest BCUT2D eigenvalue weighted by molar-refractivity contribution is -0.112. The van der Waals surface area contributed by atoms with E-state index < -0.39 is 17.8 Å². The van der Waals surface area contributed by atoms with Crippen LogP contribution in [-0.4, -0.2) is 29.6 Å². The van der Waals surface area contributed by atoms with E-state index in [0.717, 1.165) is 0 Å². The molecule has 2 aromatic carbocycles. The summed E-state index contributed by atoms with van der Waals surface area (Å²) in [6.07, 6.45) is 1.30. The Kier molecular flexibility index (Phi) is 6.83. The average Bonchev–Trinajstić information content (AvgIpc) is 3.26. The summed E-state index contributed by atoms with van der Waals surface area (Å²) in [5.74, 6) is -1.39. The van der Waals surface area contributed by atoms with Crippen LogP contribution in [0.25, 0.3) is 17.4 Å². The summed E-state index contributed by atoms with van der Waals surface area (Å²) < 4.78 is 10.6. The third kappa shape index (κ3) is 5.29. The van der Waals surface area contributed by atoms with Crippen molar-refractivity contribution in [2.24, 2.45) is 0 Å². The minimum atomic E-state index is -1.03. The molecular formula is C24H18N2O6. The first-order chi connectivity index (χ1) is 15.4. The summed E-state index contributed by atoms with van der Waals surface area (Å²) >= 11 is 0. The Morgan fingerprint density at radius 2 is 1.69 bits per heavy atom. The SMILES string of the molecule is CCOC(=O)c1ccc(NC(=O)/C(C#N)=C/c2ccc(-c3ccc(C(=O)O)cc3)o2)cc1. The number of furan rings is 1. The van der Waals surface area contributed by atoms with E-state index in [1.165, 1.54) is 42.5 Å². The predicted octanol–water partition coefficient (Wildman–Crippen LogP) is 4.37. The molecule has 1 heterocycles. The Labute approximate surface area is 183 Å². The van der Waals surface area contributed by atoms with Crippen LogP contribution in [0.5, 0.6) is 0 Å². The molecule has 0 radical (unpaired) electrons. The van der Waals surface area contributed by atoms with Crippen molar-refractivity contribution < 1.29 is 28.6 Å². The van der Waals surface area contributed by atoms with E-state index >= 15 is 0 Å². The number of nitrogens with zero attached hydrogens (tertiary/aromatic N) is 1. The van der Waals surface area contributed by atoms with Gasteiger partial charge in [-0.25, -0.2) is 9.59 Å². The summed E-state index contributed by atoms with van der Waals surface area (Å²) in [6, 6.07) is 17.3. The van der Waals surface area contributed by atoms with Crippen LogP contribution in [0.4, 0.5) is 5.69 Å². The number of rotatable bonds is 7. The zero-order valence-corrected chi connectivity index (χ0v) is 17.0. The topological polar surface area (TPSA) is 130 Å². The standard InChI is InChI=1S/C24H18N2O6/c1-2-31-24(30)17-7-9-19(10-8-17)26-22(27)18(14-25)13-20-11-12-21(32-20)15-3-5-16(6-4-15)23(28)29/h3-13H,2H2,1H3,(H,26,27)(H,28,29)/b18-13+. The highest BCUT2D eigenvalue weighted by molar-refractivity contribution is 6.09. The molecule has 32 heavy (non-hydrogen) atoms.